The minimum atomic E-state index is -4.92. The maximum absolute atomic E-state index is 14.9. The van der Waals surface area contributed by atoms with E-state index in [2.05, 4.69) is 21.3 Å². The molecule has 20 heteroatoms. The number of carbonyl (C=O) groups excluding carboxylic acids is 7. The smallest absolute Gasteiger partial charge is 0.354 e. The SMILES string of the molecule is CCN(C(=O)[C@H](C)NC(=O)[C@@H]1C[C@@H](F)CN1C(=O)C1(C(F)(F)F)CCCCC1)[C@H]1CCCCNC(=O)C(C)(C)NC(=O)[C@H](Cc2cc(Cl)ccc2Cl)N(C)C(=O)[C@H](CC(C)C)NC1=O. The van der Waals surface area contributed by atoms with Crippen molar-refractivity contribution >= 4 is 64.6 Å². The van der Waals surface area contributed by atoms with Gasteiger partial charge in [0.2, 0.25) is 41.4 Å². The van der Waals surface area contributed by atoms with Crippen LogP contribution in [0.2, 0.25) is 10.0 Å². The van der Waals surface area contributed by atoms with Crippen molar-refractivity contribution in [2.45, 2.75) is 160 Å². The van der Waals surface area contributed by atoms with Gasteiger partial charge in [-0.2, -0.15) is 13.2 Å². The first-order chi connectivity index (χ1) is 29.8. The molecule has 7 amide bonds. The van der Waals surface area contributed by atoms with E-state index in [1.54, 1.807) is 25.1 Å². The van der Waals surface area contributed by atoms with Crippen molar-refractivity contribution in [1.82, 2.24) is 36.0 Å². The number of halogens is 6. The van der Waals surface area contributed by atoms with Gasteiger partial charge in [0.05, 0.1) is 6.54 Å². The fourth-order valence-electron chi connectivity index (χ4n) is 8.89. The van der Waals surface area contributed by atoms with Crippen LogP contribution in [-0.4, -0.2) is 131 Å². The normalized spacial score (nSPS) is 25.6. The topological polar surface area (TPSA) is 177 Å². The molecule has 2 heterocycles. The quantitative estimate of drug-likeness (QED) is 0.231. The average molecular weight is 949 g/mol. The molecule has 14 nitrogen and oxygen atoms in total. The number of likely N-dealkylation sites (N-methyl/N-ethyl adjacent to an activating group) is 2. The highest BCUT2D eigenvalue weighted by atomic mass is 35.5. The summed E-state index contributed by atoms with van der Waals surface area (Å²) in [6.07, 6.45) is -6.72. The molecule has 1 aromatic carbocycles. The molecule has 358 valence electrons. The lowest BCUT2D eigenvalue weighted by atomic mass is 9.72. The van der Waals surface area contributed by atoms with E-state index in [1.807, 2.05) is 13.8 Å². The Morgan fingerprint density at radius 1 is 0.984 bits per heavy atom. The Bertz CT molecular complexity index is 1900. The first kappa shape index (κ1) is 52.4. The van der Waals surface area contributed by atoms with E-state index in [1.165, 1.54) is 37.6 Å². The lowest BCUT2D eigenvalue weighted by Crippen LogP contribution is -2.62. The van der Waals surface area contributed by atoms with Crippen LogP contribution in [0.4, 0.5) is 17.6 Å². The Morgan fingerprint density at radius 3 is 2.25 bits per heavy atom. The first-order valence-corrected chi connectivity index (χ1v) is 22.8. The van der Waals surface area contributed by atoms with Gasteiger partial charge in [-0.05, 0) is 95.9 Å². The van der Waals surface area contributed by atoms with Gasteiger partial charge in [-0.3, -0.25) is 33.6 Å². The second kappa shape index (κ2) is 21.9. The molecule has 1 saturated carbocycles. The molecule has 4 rings (SSSR count). The fourth-order valence-corrected chi connectivity index (χ4v) is 9.28. The zero-order valence-electron chi connectivity index (χ0n) is 37.6. The van der Waals surface area contributed by atoms with E-state index < -0.39 is 121 Å². The lowest BCUT2D eigenvalue weighted by molar-refractivity contribution is -0.236. The van der Waals surface area contributed by atoms with E-state index in [9.17, 15) is 51.1 Å². The largest absolute Gasteiger partial charge is 0.403 e. The maximum atomic E-state index is 14.9. The van der Waals surface area contributed by atoms with Gasteiger partial charge in [-0.25, -0.2) is 4.39 Å². The van der Waals surface area contributed by atoms with Crippen LogP contribution in [0.1, 0.15) is 111 Å². The predicted molar refractivity (Wildman–Crippen MR) is 233 cm³/mol. The van der Waals surface area contributed by atoms with Gasteiger partial charge in [-0.1, -0.05) is 56.3 Å². The summed E-state index contributed by atoms with van der Waals surface area (Å²) < 4.78 is 58.5. The van der Waals surface area contributed by atoms with Crippen LogP contribution in [0.25, 0.3) is 0 Å². The third-order valence-electron chi connectivity index (χ3n) is 12.6. The summed E-state index contributed by atoms with van der Waals surface area (Å²) in [7, 11) is 1.40. The Hall–Kier alpha value is -4.19. The Morgan fingerprint density at radius 2 is 1.64 bits per heavy atom. The van der Waals surface area contributed by atoms with Crippen molar-refractivity contribution in [3.63, 3.8) is 0 Å². The van der Waals surface area contributed by atoms with E-state index >= 15 is 0 Å². The van der Waals surface area contributed by atoms with Gasteiger partial charge in [0.15, 0.2) is 0 Å². The summed E-state index contributed by atoms with van der Waals surface area (Å²) in [5, 5.41) is 11.5. The van der Waals surface area contributed by atoms with Crippen molar-refractivity contribution in [3.8, 4) is 0 Å². The van der Waals surface area contributed by atoms with Crippen molar-refractivity contribution in [3.05, 3.63) is 33.8 Å². The number of alkyl halides is 4. The molecule has 4 N–H and O–H groups in total. The second-order valence-corrected chi connectivity index (χ2v) is 19.1. The average Bonchev–Trinajstić information content (AvgIpc) is 3.62. The van der Waals surface area contributed by atoms with Crippen molar-refractivity contribution in [1.29, 1.82) is 0 Å². The molecule has 2 saturated heterocycles. The third-order valence-corrected chi connectivity index (χ3v) is 13.2. The number of rotatable bonds is 10. The van der Waals surface area contributed by atoms with E-state index in [0.29, 0.717) is 34.7 Å². The molecule has 0 aromatic heterocycles. The molecule has 2 aliphatic heterocycles. The highest BCUT2D eigenvalue weighted by Crippen LogP contribution is 2.51. The summed E-state index contributed by atoms with van der Waals surface area (Å²) in [6, 6.07) is -2.00. The zero-order chi connectivity index (χ0) is 47.9. The van der Waals surface area contributed by atoms with Crippen LogP contribution >= 0.6 is 23.2 Å². The van der Waals surface area contributed by atoms with Crippen molar-refractivity contribution < 1.29 is 51.1 Å². The van der Waals surface area contributed by atoms with E-state index in [-0.39, 0.29) is 56.1 Å². The molecule has 3 aliphatic rings. The monoisotopic (exact) mass is 947 g/mol. The van der Waals surface area contributed by atoms with Crippen LogP contribution < -0.4 is 21.3 Å². The molecule has 0 bridgehead atoms. The van der Waals surface area contributed by atoms with Gasteiger partial charge in [0.1, 0.15) is 47.3 Å². The predicted octanol–water partition coefficient (Wildman–Crippen LogP) is 5.26. The highest BCUT2D eigenvalue weighted by Gasteiger charge is 2.62. The molecule has 6 atom stereocenters. The molecular formula is C44H63Cl2F4N7O7. The molecule has 64 heavy (non-hydrogen) atoms. The van der Waals surface area contributed by atoms with Crippen LogP contribution in [0, 0.1) is 11.3 Å². The minimum absolute atomic E-state index is 0.0460. The van der Waals surface area contributed by atoms with E-state index in [0.717, 1.165) is 0 Å². The molecular weight excluding hydrogens is 885 g/mol. The second-order valence-electron chi connectivity index (χ2n) is 18.3. The van der Waals surface area contributed by atoms with Gasteiger partial charge in [-0.15, -0.1) is 0 Å². The molecule has 0 spiro atoms. The van der Waals surface area contributed by atoms with Crippen molar-refractivity contribution in [2.75, 3.05) is 26.7 Å². The highest BCUT2D eigenvalue weighted by molar-refractivity contribution is 6.33. The Labute approximate surface area is 382 Å². The number of hydrogen-bond donors (Lipinski definition) is 4. The number of nitrogens with one attached hydrogen (secondary N) is 4. The third kappa shape index (κ3) is 12.4. The summed E-state index contributed by atoms with van der Waals surface area (Å²) in [6.45, 7) is 8.99. The number of carbonyl (C=O) groups is 7. The number of nitrogens with zero attached hydrogens (tertiary/aromatic N) is 3. The molecule has 0 radical (unpaired) electrons. The van der Waals surface area contributed by atoms with Gasteiger partial charge < -0.3 is 36.0 Å². The molecule has 0 unspecified atom stereocenters. The molecule has 1 aliphatic carbocycles. The lowest BCUT2D eigenvalue weighted by Gasteiger charge is -2.41. The van der Waals surface area contributed by atoms with Crippen LogP contribution in [0.3, 0.4) is 0 Å². The Kier molecular flexibility index (Phi) is 17.9. The van der Waals surface area contributed by atoms with Crippen LogP contribution in [-0.2, 0) is 40.0 Å². The van der Waals surface area contributed by atoms with Gasteiger partial charge in [0.25, 0.3) is 0 Å². The van der Waals surface area contributed by atoms with Crippen LogP contribution in [0.15, 0.2) is 18.2 Å². The van der Waals surface area contributed by atoms with E-state index in [4.69, 9.17) is 23.2 Å². The standard InChI is InChI=1S/C44H63Cl2F4N7O7/c1-8-56(38(61)26(4)52-36(59)34-23-29(47)24-57(34)41(64)43(44(48,49)50)17-11-9-12-18-43)32-14-10-13-19-51-40(63)42(5,6)54-37(60)33(22-27-21-28(45)15-16-30(27)46)55(7)39(62)31(20-25(2)3)53-35(32)58/h15-16,21,25-26,29,31-34H,8-14,17-20,22-24H2,1-7H3,(H,51,63)(H,52,59)(H,53,58)(H,54,60)/t26-,29+,31-,32-,33-,34-/m0/s1. The number of hydrogen-bond acceptors (Lipinski definition) is 7. The molecule has 3 fully saturated rings. The van der Waals surface area contributed by atoms with Gasteiger partial charge >= 0.3 is 6.18 Å². The summed E-state index contributed by atoms with van der Waals surface area (Å²) >= 11 is 12.8. The van der Waals surface area contributed by atoms with Gasteiger partial charge in [0, 0.05) is 43.0 Å². The number of amides is 7. The van der Waals surface area contributed by atoms with Crippen LogP contribution in [0.5, 0.6) is 0 Å². The summed E-state index contributed by atoms with van der Waals surface area (Å²) in [5.74, 6) is -5.83. The molecule has 1 aromatic rings. The number of likely N-dealkylation sites (tertiary alicyclic amines) is 1. The maximum Gasteiger partial charge on any atom is 0.403 e. The van der Waals surface area contributed by atoms with Crippen molar-refractivity contribution in [2.24, 2.45) is 11.3 Å². The summed E-state index contributed by atoms with van der Waals surface area (Å²) in [4.78, 5) is 101. The first-order valence-electron chi connectivity index (χ1n) is 22.1. The minimum Gasteiger partial charge on any atom is -0.354 e. The Balaban J connectivity index is 1.63. The zero-order valence-corrected chi connectivity index (χ0v) is 39.2. The number of benzene rings is 1. The summed E-state index contributed by atoms with van der Waals surface area (Å²) in [5.41, 5.74) is -3.73. The fraction of sp³-hybridized carbons (Fsp3) is 0.705.